The molecule has 3 aromatic rings. The number of hydrogen-bond acceptors (Lipinski definition) is 3. The second-order valence-electron chi connectivity index (χ2n) is 13.6. The first-order valence-electron chi connectivity index (χ1n) is 13.5. The van der Waals surface area contributed by atoms with Crippen LogP contribution in [0.15, 0.2) is 54.6 Å². The third-order valence-corrected chi connectivity index (χ3v) is 15.2. The van der Waals surface area contributed by atoms with Gasteiger partial charge in [0, 0.05) is 0 Å². The fourth-order valence-corrected chi connectivity index (χ4v) is 14.1. The third kappa shape index (κ3) is 7.37. The molecule has 0 bridgehead atoms. The molecule has 0 aromatic heterocycles. The van der Waals surface area contributed by atoms with Crippen LogP contribution in [0.1, 0.15) is 95.7 Å². The van der Waals surface area contributed by atoms with E-state index in [2.05, 4.69) is 80.5 Å². The van der Waals surface area contributed by atoms with Crippen LogP contribution in [0.3, 0.4) is 0 Å². The van der Waals surface area contributed by atoms with Crippen molar-refractivity contribution >= 4 is 18.4 Å². The van der Waals surface area contributed by atoms with Crippen molar-refractivity contribution in [3.63, 3.8) is 0 Å². The van der Waals surface area contributed by atoms with E-state index in [1.165, 1.54) is 0 Å². The molecule has 0 atom stereocenters. The molecule has 214 valence electrons. The quantitative estimate of drug-likeness (QED) is 0.252. The molecule has 0 spiro atoms. The summed E-state index contributed by atoms with van der Waals surface area (Å²) >= 11 is -6.22. The Morgan fingerprint density at radius 1 is 0.462 bits per heavy atom. The SMILES string of the molecule is Cc1cccc(C(C)(C)C)c1[O][Ta]([Cl])([Cl])([O]c1c(C)cccc1C(C)(C)C)[O]c1c(C)cccc1C(C)(C)C. The number of para-hydroxylation sites is 3. The maximum absolute atomic E-state index is 7.59. The van der Waals surface area contributed by atoms with Gasteiger partial charge in [0.15, 0.2) is 0 Å². The van der Waals surface area contributed by atoms with Gasteiger partial charge in [0.1, 0.15) is 0 Å². The van der Waals surface area contributed by atoms with Crippen molar-refractivity contribution in [3.8, 4) is 17.2 Å². The second-order valence-corrected chi connectivity index (χ2v) is 31.6. The van der Waals surface area contributed by atoms with Gasteiger partial charge in [0.25, 0.3) is 0 Å². The van der Waals surface area contributed by atoms with Crippen LogP contribution in [-0.4, -0.2) is 0 Å². The molecule has 39 heavy (non-hydrogen) atoms. The Balaban J connectivity index is 2.34. The van der Waals surface area contributed by atoms with Crippen molar-refractivity contribution in [1.29, 1.82) is 0 Å². The van der Waals surface area contributed by atoms with Gasteiger partial charge < -0.3 is 0 Å². The zero-order chi connectivity index (χ0) is 29.6. The molecule has 0 radical (unpaired) electrons. The zero-order valence-electron chi connectivity index (χ0n) is 25.6. The first-order chi connectivity index (χ1) is 17.6. The van der Waals surface area contributed by atoms with Gasteiger partial charge in [-0.1, -0.05) is 0 Å². The standard InChI is InChI=1S/3C11H16O.2ClH.Ta/c3*1-8-6-5-7-9(10(8)12)11(2,3)4;;;/h3*5-7,12H,1-4H3;2*1H;/q;;;;;+5/p-5. The van der Waals surface area contributed by atoms with Crippen LogP contribution >= 0.6 is 18.4 Å². The average Bonchev–Trinajstić information content (AvgIpc) is 2.75. The predicted octanol–water partition coefficient (Wildman–Crippen LogP) is 10.8. The summed E-state index contributed by atoms with van der Waals surface area (Å²) in [5.74, 6) is 1.83. The minimum absolute atomic E-state index is 0.225. The van der Waals surface area contributed by atoms with E-state index in [-0.39, 0.29) is 16.2 Å². The van der Waals surface area contributed by atoms with Crippen LogP contribution in [-0.2, 0) is 31.1 Å². The van der Waals surface area contributed by atoms with Gasteiger partial charge in [-0.05, 0) is 0 Å². The molecule has 0 saturated carbocycles. The normalized spacial score (nSPS) is 13.9. The van der Waals surface area contributed by atoms with E-state index in [4.69, 9.17) is 28.1 Å². The molecule has 3 nitrogen and oxygen atoms in total. The Morgan fingerprint density at radius 2 is 0.692 bits per heavy atom. The summed E-state index contributed by atoms with van der Waals surface area (Å²) in [4.78, 5) is 0. The first kappa shape index (κ1) is 31.9. The van der Waals surface area contributed by atoms with E-state index in [0.717, 1.165) is 33.4 Å². The van der Waals surface area contributed by atoms with Gasteiger partial charge in [-0.15, -0.1) is 0 Å². The maximum atomic E-state index is 7.59. The van der Waals surface area contributed by atoms with E-state index < -0.39 is 14.8 Å². The molecule has 0 aliphatic carbocycles. The van der Waals surface area contributed by atoms with E-state index in [9.17, 15) is 0 Å². The van der Waals surface area contributed by atoms with Crippen molar-refractivity contribution in [3.05, 3.63) is 88.0 Å². The van der Waals surface area contributed by atoms with Crippen molar-refractivity contribution in [2.45, 2.75) is 99.3 Å². The molecule has 0 unspecified atom stereocenters. The van der Waals surface area contributed by atoms with Crippen LogP contribution < -0.4 is 9.73 Å². The minimum atomic E-state index is -6.22. The number of halogens is 2. The molecule has 0 saturated heterocycles. The van der Waals surface area contributed by atoms with Crippen LogP contribution in [0.2, 0.25) is 0 Å². The Kier molecular flexibility index (Phi) is 8.71. The van der Waals surface area contributed by atoms with Crippen molar-refractivity contribution in [1.82, 2.24) is 0 Å². The first-order valence-corrected chi connectivity index (χ1v) is 25.4. The molecule has 3 aromatic carbocycles. The van der Waals surface area contributed by atoms with Crippen molar-refractivity contribution < 1.29 is 24.6 Å². The molecule has 0 heterocycles. The molecule has 0 aliphatic rings. The van der Waals surface area contributed by atoms with Crippen LogP contribution in [0, 0.1) is 20.8 Å². The number of rotatable bonds is 6. The van der Waals surface area contributed by atoms with Gasteiger partial charge in [0.2, 0.25) is 0 Å². The fraction of sp³-hybridized carbons (Fsp3) is 0.455. The Labute approximate surface area is 246 Å². The summed E-state index contributed by atoms with van der Waals surface area (Å²) in [6, 6.07) is 18.2. The molecule has 0 fully saturated rings. The predicted molar refractivity (Wildman–Crippen MR) is 163 cm³/mol. The van der Waals surface area contributed by atoms with Gasteiger partial charge >= 0.3 is 248 Å². The zero-order valence-corrected chi connectivity index (χ0v) is 30.3. The van der Waals surface area contributed by atoms with Gasteiger partial charge in [-0.3, -0.25) is 0 Å². The van der Waals surface area contributed by atoms with Crippen LogP contribution in [0.5, 0.6) is 17.2 Å². The van der Waals surface area contributed by atoms with E-state index in [1.54, 1.807) is 0 Å². The molecule has 3 rings (SSSR count). The van der Waals surface area contributed by atoms with E-state index >= 15 is 0 Å². The van der Waals surface area contributed by atoms with Gasteiger partial charge in [-0.25, -0.2) is 0 Å². The monoisotopic (exact) mass is 740 g/mol. The van der Waals surface area contributed by atoms with Crippen molar-refractivity contribution in [2.24, 2.45) is 0 Å². The molecule has 0 N–H and O–H groups in total. The summed E-state index contributed by atoms with van der Waals surface area (Å²) in [6.45, 7) is 25.3. The fourth-order valence-electron chi connectivity index (χ4n) is 4.58. The van der Waals surface area contributed by atoms with Gasteiger partial charge in [-0.2, -0.15) is 0 Å². The third-order valence-electron chi connectivity index (χ3n) is 6.76. The number of aryl methyl sites for hydroxylation is 3. The number of benzene rings is 3. The summed E-state index contributed by atoms with van der Waals surface area (Å²) in [7, 11) is 15.2. The van der Waals surface area contributed by atoms with Crippen molar-refractivity contribution in [2.75, 3.05) is 0 Å². The molecule has 0 amide bonds. The Morgan fingerprint density at radius 3 is 0.897 bits per heavy atom. The van der Waals surface area contributed by atoms with Gasteiger partial charge in [0.05, 0.1) is 0 Å². The average molecular weight is 742 g/mol. The second kappa shape index (κ2) is 10.7. The molecular formula is C33H45Cl2O3Ta. The number of hydrogen-bond donors (Lipinski definition) is 0. The molecule has 6 heteroatoms. The van der Waals surface area contributed by atoms with Crippen LogP contribution in [0.25, 0.3) is 0 Å². The Hall–Kier alpha value is -1.62. The summed E-state index contributed by atoms with van der Waals surface area (Å²) < 4.78 is 20.5. The summed E-state index contributed by atoms with van der Waals surface area (Å²) in [5, 5.41) is 0. The van der Waals surface area contributed by atoms with E-state index in [0.29, 0.717) is 17.2 Å². The molecular weight excluding hydrogens is 696 g/mol. The molecule has 0 aliphatic heterocycles. The summed E-state index contributed by atoms with van der Waals surface area (Å²) in [6.07, 6.45) is 0. The van der Waals surface area contributed by atoms with E-state index in [1.807, 2.05) is 57.2 Å². The summed E-state index contributed by atoms with van der Waals surface area (Å²) in [5.41, 5.74) is 5.03. The topological polar surface area (TPSA) is 27.7 Å². The Bertz CT molecular complexity index is 1190. The van der Waals surface area contributed by atoms with Crippen LogP contribution in [0.4, 0.5) is 0 Å².